The number of allylic oxidation sites excluding steroid dienone is 1. The fourth-order valence-electron chi connectivity index (χ4n) is 0.738. The summed E-state index contributed by atoms with van der Waals surface area (Å²) >= 11 is 0. The summed E-state index contributed by atoms with van der Waals surface area (Å²) in [6, 6.07) is 0.579. The summed E-state index contributed by atoms with van der Waals surface area (Å²) in [6.07, 6.45) is 4.06. The van der Waals surface area contributed by atoms with Gasteiger partial charge in [-0.3, -0.25) is 0 Å². The molecule has 0 unspecified atom stereocenters. The molecule has 0 aromatic heterocycles. The summed E-state index contributed by atoms with van der Waals surface area (Å²) in [7, 11) is 0. The van der Waals surface area contributed by atoms with Crippen molar-refractivity contribution in [1.29, 1.82) is 5.41 Å². The van der Waals surface area contributed by atoms with Crippen molar-refractivity contribution in [3.8, 4) is 0 Å². The molecule has 1 aliphatic rings. The van der Waals surface area contributed by atoms with Gasteiger partial charge in [-0.2, -0.15) is 0 Å². The zero-order valence-corrected chi connectivity index (χ0v) is 6.15. The SMILES string of the molecule is CC(=N)/C=C(/N)NC1CC1. The van der Waals surface area contributed by atoms with Gasteiger partial charge in [-0.25, -0.2) is 0 Å². The predicted octanol–water partition coefficient (Wildman–Crippen LogP) is 0.578. The third-order valence-corrected chi connectivity index (χ3v) is 1.32. The van der Waals surface area contributed by atoms with Crippen molar-refractivity contribution >= 4 is 5.71 Å². The average molecular weight is 139 g/mol. The molecule has 0 heterocycles. The Balaban J connectivity index is 2.30. The second-order valence-corrected chi connectivity index (χ2v) is 2.70. The van der Waals surface area contributed by atoms with Gasteiger partial charge >= 0.3 is 0 Å². The third-order valence-electron chi connectivity index (χ3n) is 1.32. The Hall–Kier alpha value is -0.990. The van der Waals surface area contributed by atoms with Crippen molar-refractivity contribution in [3.63, 3.8) is 0 Å². The lowest BCUT2D eigenvalue weighted by atomic mass is 10.4. The van der Waals surface area contributed by atoms with Crippen LogP contribution >= 0.6 is 0 Å². The summed E-state index contributed by atoms with van der Waals surface area (Å²) < 4.78 is 0. The number of rotatable bonds is 3. The molecule has 3 heteroatoms. The molecule has 4 N–H and O–H groups in total. The van der Waals surface area contributed by atoms with Crippen molar-refractivity contribution in [2.24, 2.45) is 5.73 Å². The molecule has 3 nitrogen and oxygen atoms in total. The minimum atomic E-state index is 0.491. The largest absolute Gasteiger partial charge is 0.385 e. The van der Waals surface area contributed by atoms with E-state index >= 15 is 0 Å². The molecular formula is C7H13N3. The van der Waals surface area contributed by atoms with Gasteiger partial charge in [-0.1, -0.05) is 0 Å². The molecule has 0 aromatic rings. The lowest BCUT2D eigenvalue weighted by Gasteiger charge is -2.01. The van der Waals surface area contributed by atoms with Crippen molar-refractivity contribution < 1.29 is 0 Å². The molecule has 0 radical (unpaired) electrons. The monoisotopic (exact) mass is 139 g/mol. The molecule has 1 rings (SSSR count). The standard InChI is InChI=1S/C7H13N3/c1-5(8)4-7(9)10-6-2-3-6/h4,6,8,10H,2-3,9H2,1H3/b7-4-,8-5?. The van der Waals surface area contributed by atoms with Gasteiger partial charge in [0.2, 0.25) is 0 Å². The zero-order chi connectivity index (χ0) is 7.56. The van der Waals surface area contributed by atoms with Gasteiger partial charge in [0.05, 0.1) is 5.82 Å². The van der Waals surface area contributed by atoms with E-state index in [1.165, 1.54) is 12.8 Å². The first-order chi connectivity index (χ1) is 4.68. The molecule has 0 saturated heterocycles. The molecular weight excluding hydrogens is 126 g/mol. The van der Waals surface area contributed by atoms with E-state index in [4.69, 9.17) is 11.1 Å². The fourth-order valence-corrected chi connectivity index (χ4v) is 0.738. The summed E-state index contributed by atoms with van der Waals surface area (Å²) in [4.78, 5) is 0. The Morgan fingerprint density at radius 2 is 2.30 bits per heavy atom. The molecule has 10 heavy (non-hydrogen) atoms. The molecule has 0 atom stereocenters. The third kappa shape index (κ3) is 2.53. The van der Waals surface area contributed by atoms with Gasteiger partial charge in [0.1, 0.15) is 0 Å². The molecule has 0 aromatic carbocycles. The Morgan fingerprint density at radius 3 is 2.70 bits per heavy atom. The van der Waals surface area contributed by atoms with E-state index in [0.717, 1.165) is 0 Å². The molecule has 1 fully saturated rings. The second-order valence-electron chi connectivity index (χ2n) is 2.70. The maximum Gasteiger partial charge on any atom is 0.0980 e. The predicted molar refractivity (Wildman–Crippen MR) is 41.8 cm³/mol. The molecule has 56 valence electrons. The van der Waals surface area contributed by atoms with Crippen LogP contribution in [-0.2, 0) is 0 Å². The molecule has 0 amide bonds. The van der Waals surface area contributed by atoms with Gasteiger partial charge in [-0.15, -0.1) is 0 Å². The van der Waals surface area contributed by atoms with Gasteiger partial charge in [0.15, 0.2) is 0 Å². The van der Waals surface area contributed by atoms with Gasteiger partial charge in [0.25, 0.3) is 0 Å². The Bertz CT molecular complexity index is 168. The summed E-state index contributed by atoms with van der Waals surface area (Å²) in [6.45, 7) is 1.71. The second kappa shape index (κ2) is 2.73. The number of hydrogen-bond acceptors (Lipinski definition) is 3. The van der Waals surface area contributed by atoms with E-state index in [-0.39, 0.29) is 0 Å². The molecule has 0 spiro atoms. The minimum absolute atomic E-state index is 0.491. The van der Waals surface area contributed by atoms with Gasteiger partial charge in [0, 0.05) is 11.8 Å². The minimum Gasteiger partial charge on any atom is -0.385 e. The number of nitrogens with one attached hydrogen (secondary N) is 2. The molecule has 1 aliphatic carbocycles. The van der Waals surface area contributed by atoms with Crippen LogP contribution < -0.4 is 11.1 Å². The lowest BCUT2D eigenvalue weighted by molar-refractivity contribution is 0.794. The van der Waals surface area contributed by atoms with Gasteiger partial charge < -0.3 is 16.5 Å². The van der Waals surface area contributed by atoms with E-state index in [9.17, 15) is 0 Å². The first kappa shape index (κ1) is 7.12. The highest BCUT2D eigenvalue weighted by Gasteiger charge is 2.20. The number of hydrogen-bond donors (Lipinski definition) is 3. The first-order valence-electron chi connectivity index (χ1n) is 3.47. The quantitative estimate of drug-likeness (QED) is 0.501. The fraction of sp³-hybridized carbons (Fsp3) is 0.571. The number of nitrogens with two attached hydrogens (primary N) is 1. The zero-order valence-electron chi connectivity index (χ0n) is 6.15. The lowest BCUT2D eigenvalue weighted by Crippen LogP contribution is -2.22. The van der Waals surface area contributed by atoms with Gasteiger partial charge in [-0.05, 0) is 25.8 Å². The summed E-state index contributed by atoms with van der Waals surface area (Å²) in [5, 5.41) is 10.2. The van der Waals surface area contributed by atoms with Crippen molar-refractivity contribution in [2.75, 3.05) is 0 Å². The van der Waals surface area contributed by atoms with Crippen LogP contribution in [0.4, 0.5) is 0 Å². The van der Waals surface area contributed by atoms with Crippen molar-refractivity contribution in [2.45, 2.75) is 25.8 Å². The van der Waals surface area contributed by atoms with E-state index < -0.39 is 0 Å². The average Bonchev–Trinajstić information content (AvgIpc) is 2.46. The van der Waals surface area contributed by atoms with E-state index in [2.05, 4.69) is 5.32 Å². The van der Waals surface area contributed by atoms with Crippen LogP contribution in [0.15, 0.2) is 11.9 Å². The highest BCUT2D eigenvalue weighted by Crippen LogP contribution is 2.18. The Kier molecular flexibility index (Phi) is 1.94. The van der Waals surface area contributed by atoms with E-state index in [1.807, 2.05) is 0 Å². The van der Waals surface area contributed by atoms with Crippen LogP contribution in [0, 0.1) is 5.41 Å². The molecule has 1 saturated carbocycles. The van der Waals surface area contributed by atoms with E-state index in [1.54, 1.807) is 13.0 Å². The van der Waals surface area contributed by atoms with Crippen LogP contribution in [0.1, 0.15) is 19.8 Å². The molecule has 0 aliphatic heterocycles. The van der Waals surface area contributed by atoms with E-state index in [0.29, 0.717) is 17.6 Å². The highest BCUT2D eigenvalue weighted by molar-refractivity contribution is 5.90. The summed E-state index contributed by atoms with van der Waals surface area (Å²) in [5.41, 5.74) is 6.02. The van der Waals surface area contributed by atoms with Crippen LogP contribution in [0.5, 0.6) is 0 Å². The maximum atomic E-state index is 7.09. The van der Waals surface area contributed by atoms with Crippen molar-refractivity contribution in [3.05, 3.63) is 11.9 Å². The maximum absolute atomic E-state index is 7.09. The topological polar surface area (TPSA) is 61.9 Å². The highest BCUT2D eigenvalue weighted by atomic mass is 15.0. The van der Waals surface area contributed by atoms with Crippen LogP contribution in [0.25, 0.3) is 0 Å². The Labute approximate surface area is 60.8 Å². The summed E-state index contributed by atoms with van der Waals surface area (Å²) in [5.74, 6) is 0.620. The Morgan fingerprint density at radius 1 is 1.70 bits per heavy atom. The normalized spacial score (nSPS) is 18.7. The van der Waals surface area contributed by atoms with Crippen LogP contribution in [-0.4, -0.2) is 11.8 Å². The van der Waals surface area contributed by atoms with Crippen LogP contribution in [0.2, 0.25) is 0 Å². The van der Waals surface area contributed by atoms with Crippen molar-refractivity contribution in [1.82, 2.24) is 5.32 Å². The molecule has 0 bridgehead atoms. The van der Waals surface area contributed by atoms with Crippen LogP contribution in [0.3, 0.4) is 0 Å². The smallest absolute Gasteiger partial charge is 0.0980 e. The first-order valence-corrected chi connectivity index (χ1v) is 3.47.